The van der Waals surface area contributed by atoms with Gasteiger partial charge in [-0.2, -0.15) is 0 Å². The maximum Gasteiger partial charge on any atom is 0.522 e. The Morgan fingerprint density at radius 2 is 1.97 bits per heavy atom. The molecule has 1 aromatic rings. The summed E-state index contributed by atoms with van der Waals surface area (Å²) in [6.07, 6.45) is -8.03. The molecule has 0 aromatic heterocycles. The SMILES string of the molecule is O=C(COC1CC(OC(F)(F)F)C1)NCC[C@H](O)CNC(=O)[C@H]1CC(=O)c2cc(Cl)ccc2O1. The summed E-state index contributed by atoms with van der Waals surface area (Å²) < 4.78 is 50.7. The number of rotatable bonds is 10. The van der Waals surface area contributed by atoms with Crippen LogP contribution in [0.2, 0.25) is 5.02 Å². The summed E-state index contributed by atoms with van der Waals surface area (Å²) in [6.45, 7) is -0.346. The van der Waals surface area contributed by atoms with Gasteiger partial charge in [-0.1, -0.05) is 11.6 Å². The summed E-state index contributed by atoms with van der Waals surface area (Å²) in [7, 11) is 0. The molecular weight excluding hydrogens is 485 g/mol. The van der Waals surface area contributed by atoms with Crippen LogP contribution in [-0.2, 0) is 19.1 Å². The van der Waals surface area contributed by atoms with Gasteiger partial charge in [0.05, 0.1) is 30.3 Å². The molecule has 1 saturated carbocycles. The lowest BCUT2D eigenvalue weighted by Gasteiger charge is -2.34. The Morgan fingerprint density at radius 3 is 2.68 bits per heavy atom. The lowest BCUT2D eigenvalue weighted by molar-refractivity contribution is -0.357. The summed E-state index contributed by atoms with van der Waals surface area (Å²) in [5, 5.41) is 15.4. The number of Topliss-reactive ketones (excluding diaryl/α,β-unsaturated/α-hetero) is 1. The topological polar surface area (TPSA) is 123 Å². The molecule has 0 spiro atoms. The third-order valence-electron chi connectivity index (χ3n) is 5.29. The molecule has 0 saturated heterocycles. The zero-order chi connectivity index (χ0) is 24.9. The highest BCUT2D eigenvalue weighted by Gasteiger charge is 2.40. The van der Waals surface area contributed by atoms with E-state index in [1.54, 1.807) is 6.07 Å². The standard InChI is InChI=1S/C21H24ClF3N2O7/c22-11-1-2-17-15(5-11)16(29)8-18(33-17)20(31)27-9-12(28)3-4-26-19(30)10-32-13-6-14(7-13)34-21(23,24)25/h1-2,5,12-14,18,28H,3-4,6-10H2,(H,26,30)(H,27,31)/t12-,13?,14?,18+/m0/s1. The predicted octanol–water partition coefficient (Wildman–Crippen LogP) is 1.74. The van der Waals surface area contributed by atoms with Crippen molar-refractivity contribution in [2.45, 2.75) is 56.5 Å². The van der Waals surface area contributed by atoms with Crippen molar-refractivity contribution in [2.24, 2.45) is 0 Å². The lowest BCUT2D eigenvalue weighted by atomic mass is 9.92. The highest BCUT2D eigenvalue weighted by atomic mass is 35.5. The van der Waals surface area contributed by atoms with Crippen molar-refractivity contribution < 1.29 is 46.9 Å². The van der Waals surface area contributed by atoms with Gasteiger partial charge in [-0.25, -0.2) is 0 Å². The average molecular weight is 509 g/mol. The molecule has 2 atom stereocenters. The van der Waals surface area contributed by atoms with Gasteiger partial charge in [0.2, 0.25) is 5.91 Å². The smallest absolute Gasteiger partial charge is 0.479 e. The molecule has 13 heteroatoms. The van der Waals surface area contributed by atoms with E-state index in [-0.39, 0.29) is 56.9 Å². The molecule has 9 nitrogen and oxygen atoms in total. The molecule has 1 heterocycles. The van der Waals surface area contributed by atoms with Crippen LogP contribution in [0.1, 0.15) is 36.0 Å². The third-order valence-corrected chi connectivity index (χ3v) is 5.52. The van der Waals surface area contributed by atoms with Crippen molar-refractivity contribution in [1.29, 1.82) is 0 Å². The van der Waals surface area contributed by atoms with Crippen LogP contribution >= 0.6 is 11.6 Å². The maximum atomic E-state index is 12.3. The minimum atomic E-state index is -4.69. The fraction of sp³-hybridized carbons (Fsp3) is 0.571. The van der Waals surface area contributed by atoms with Gasteiger partial charge in [-0.15, -0.1) is 13.2 Å². The first kappa shape index (κ1) is 26.2. The van der Waals surface area contributed by atoms with Crippen LogP contribution in [0.4, 0.5) is 13.2 Å². The Labute approximate surface area is 197 Å². The number of ketones is 1. The van der Waals surface area contributed by atoms with Crippen LogP contribution in [0, 0.1) is 0 Å². The van der Waals surface area contributed by atoms with Gasteiger partial charge in [-0.05, 0) is 24.6 Å². The Morgan fingerprint density at radius 1 is 1.24 bits per heavy atom. The van der Waals surface area contributed by atoms with Crippen molar-refractivity contribution in [3.63, 3.8) is 0 Å². The van der Waals surface area contributed by atoms with E-state index in [0.29, 0.717) is 10.6 Å². The highest BCUT2D eigenvalue weighted by molar-refractivity contribution is 6.31. The Bertz CT molecular complexity index is 909. The van der Waals surface area contributed by atoms with Gasteiger partial charge in [0.1, 0.15) is 12.4 Å². The van der Waals surface area contributed by atoms with Gasteiger partial charge >= 0.3 is 6.36 Å². The van der Waals surface area contributed by atoms with Crippen molar-refractivity contribution in [1.82, 2.24) is 10.6 Å². The number of hydrogen-bond acceptors (Lipinski definition) is 7. The number of benzene rings is 1. The van der Waals surface area contributed by atoms with E-state index in [9.17, 15) is 32.7 Å². The van der Waals surface area contributed by atoms with Crippen LogP contribution < -0.4 is 15.4 Å². The van der Waals surface area contributed by atoms with Crippen molar-refractivity contribution in [3.05, 3.63) is 28.8 Å². The molecule has 34 heavy (non-hydrogen) atoms. The van der Waals surface area contributed by atoms with E-state index in [1.165, 1.54) is 12.1 Å². The Kier molecular flexibility index (Phi) is 8.74. The van der Waals surface area contributed by atoms with E-state index < -0.39 is 42.6 Å². The molecule has 0 radical (unpaired) electrons. The number of fused-ring (bicyclic) bond motifs is 1. The molecule has 1 aliphatic carbocycles. The molecule has 3 rings (SSSR count). The molecule has 0 bridgehead atoms. The van der Waals surface area contributed by atoms with Crippen LogP contribution in [0.25, 0.3) is 0 Å². The number of halogens is 4. The number of hydrogen-bond donors (Lipinski definition) is 3. The largest absolute Gasteiger partial charge is 0.522 e. The molecular formula is C21H24ClF3N2O7. The first-order valence-corrected chi connectivity index (χ1v) is 11.0. The second-order valence-electron chi connectivity index (χ2n) is 8.00. The average Bonchev–Trinajstić information content (AvgIpc) is 2.73. The third kappa shape index (κ3) is 7.83. The first-order chi connectivity index (χ1) is 16.0. The van der Waals surface area contributed by atoms with Crippen LogP contribution in [0.3, 0.4) is 0 Å². The van der Waals surface area contributed by atoms with E-state index in [0.717, 1.165) is 0 Å². The highest BCUT2D eigenvalue weighted by Crippen LogP contribution is 2.32. The summed E-state index contributed by atoms with van der Waals surface area (Å²) in [4.78, 5) is 36.3. The minimum absolute atomic E-state index is 0.0564. The molecule has 1 fully saturated rings. The second kappa shape index (κ2) is 11.3. The van der Waals surface area contributed by atoms with E-state index in [1.807, 2.05) is 0 Å². The number of carbonyl (C=O) groups is 3. The Hall–Kier alpha value is -2.41. The normalized spacial score (nSPS) is 22.7. The van der Waals surface area contributed by atoms with Gasteiger partial charge in [-0.3, -0.25) is 19.1 Å². The van der Waals surface area contributed by atoms with Crippen molar-refractivity contribution in [2.75, 3.05) is 19.7 Å². The predicted molar refractivity (Wildman–Crippen MR) is 111 cm³/mol. The van der Waals surface area contributed by atoms with E-state index in [2.05, 4.69) is 15.4 Å². The molecule has 3 N–H and O–H groups in total. The van der Waals surface area contributed by atoms with Crippen LogP contribution in [0.15, 0.2) is 18.2 Å². The summed E-state index contributed by atoms with van der Waals surface area (Å²) in [5.74, 6) is -1.06. The van der Waals surface area contributed by atoms with Crippen LogP contribution in [-0.4, -0.2) is 73.2 Å². The summed E-state index contributed by atoms with van der Waals surface area (Å²) in [5.41, 5.74) is 0.308. The molecule has 1 aliphatic heterocycles. The summed E-state index contributed by atoms with van der Waals surface area (Å²) in [6, 6.07) is 4.53. The fourth-order valence-corrected chi connectivity index (χ4v) is 3.61. The van der Waals surface area contributed by atoms with Crippen molar-refractivity contribution >= 4 is 29.2 Å². The number of aliphatic hydroxyl groups excluding tert-OH is 1. The second-order valence-corrected chi connectivity index (χ2v) is 8.44. The maximum absolute atomic E-state index is 12.3. The van der Waals surface area contributed by atoms with Gasteiger partial charge in [0.25, 0.3) is 5.91 Å². The monoisotopic (exact) mass is 508 g/mol. The van der Waals surface area contributed by atoms with Crippen molar-refractivity contribution in [3.8, 4) is 5.75 Å². The van der Waals surface area contributed by atoms with E-state index in [4.69, 9.17) is 21.1 Å². The number of alkyl halides is 3. The number of ether oxygens (including phenoxy) is 3. The zero-order valence-electron chi connectivity index (χ0n) is 17.9. The number of carbonyl (C=O) groups excluding carboxylic acids is 3. The lowest BCUT2D eigenvalue weighted by Crippen LogP contribution is -2.45. The molecule has 188 valence electrons. The fourth-order valence-electron chi connectivity index (χ4n) is 3.44. The molecule has 0 unspecified atom stereocenters. The molecule has 2 amide bonds. The zero-order valence-corrected chi connectivity index (χ0v) is 18.7. The number of amides is 2. The van der Waals surface area contributed by atoms with Gasteiger partial charge in [0, 0.05) is 31.0 Å². The van der Waals surface area contributed by atoms with Gasteiger partial charge < -0.3 is 25.2 Å². The van der Waals surface area contributed by atoms with Gasteiger partial charge in [0.15, 0.2) is 11.9 Å². The Balaban J connectivity index is 1.27. The van der Waals surface area contributed by atoms with E-state index >= 15 is 0 Å². The summed E-state index contributed by atoms with van der Waals surface area (Å²) >= 11 is 5.86. The molecule has 2 aliphatic rings. The first-order valence-electron chi connectivity index (χ1n) is 10.6. The van der Waals surface area contributed by atoms with Crippen LogP contribution in [0.5, 0.6) is 5.75 Å². The number of nitrogens with one attached hydrogen (secondary N) is 2. The minimum Gasteiger partial charge on any atom is -0.479 e. The quantitative estimate of drug-likeness (QED) is 0.440. The number of aliphatic hydroxyl groups is 1. The molecule has 1 aromatic carbocycles.